The van der Waals surface area contributed by atoms with Gasteiger partial charge in [0, 0.05) is 25.0 Å². The lowest BCUT2D eigenvalue weighted by atomic mass is 9.96. The van der Waals surface area contributed by atoms with Gasteiger partial charge in [-0.2, -0.15) is 0 Å². The molecule has 1 aliphatic heterocycles. The molecule has 0 aromatic heterocycles. The summed E-state index contributed by atoms with van der Waals surface area (Å²) in [5.74, 6) is 0.342. The predicted octanol–water partition coefficient (Wildman–Crippen LogP) is 2.12. The van der Waals surface area contributed by atoms with Gasteiger partial charge in [0.05, 0.1) is 0 Å². The molecule has 0 saturated carbocycles. The normalized spacial score (nSPS) is 17.9. The van der Waals surface area contributed by atoms with Crippen molar-refractivity contribution in [2.75, 3.05) is 27.2 Å². The van der Waals surface area contributed by atoms with Crippen molar-refractivity contribution in [1.82, 2.24) is 9.80 Å². The Labute approximate surface area is 99.8 Å². The zero-order valence-electron chi connectivity index (χ0n) is 11.3. The Bertz CT molecular complexity index is 230. The van der Waals surface area contributed by atoms with E-state index in [2.05, 4.69) is 32.8 Å². The third kappa shape index (κ3) is 3.78. The van der Waals surface area contributed by atoms with E-state index in [1.54, 1.807) is 0 Å². The Kier molecular flexibility index (Phi) is 4.78. The molecular weight excluding hydrogens is 200 g/mol. The van der Waals surface area contributed by atoms with E-state index < -0.39 is 0 Å². The molecule has 0 radical (unpaired) electrons. The highest BCUT2D eigenvalue weighted by atomic mass is 16.2. The molecule has 1 fully saturated rings. The maximum Gasteiger partial charge on any atom is 0.222 e. The van der Waals surface area contributed by atoms with Crippen LogP contribution in [0, 0.1) is 0 Å². The number of rotatable bonds is 4. The second-order valence-corrected chi connectivity index (χ2v) is 5.65. The standard InChI is InChI=1S/C13H26N2O/c1-13(2,14(3)4)9-8-12(16)15-10-6-5-7-11-15/h5-11H2,1-4H3. The third-order valence-corrected chi connectivity index (χ3v) is 3.87. The molecule has 1 aliphatic rings. The number of piperidine rings is 1. The van der Waals surface area contributed by atoms with Gasteiger partial charge in [0.25, 0.3) is 0 Å². The second kappa shape index (κ2) is 5.67. The highest BCUT2D eigenvalue weighted by Gasteiger charge is 2.23. The first kappa shape index (κ1) is 13.5. The zero-order valence-corrected chi connectivity index (χ0v) is 11.3. The molecule has 16 heavy (non-hydrogen) atoms. The first-order chi connectivity index (χ1) is 7.43. The van der Waals surface area contributed by atoms with E-state index in [9.17, 15) is 4.79 Å². The number of carbonyl (C=O) groups is 1. The van der Waals surface area contributed by atoms with E-state index in [1.807, 2.05) is 4.90 Å². The minimum Gasteiger partial charge on any atom is -0.343 e. The number of carbonyl (C=O) groups excluding carboxylic acids is 1. The topological polar surface area (TPSA) is 23.6 Å². The lowest BCUT2D eigenvalue weighted by Crippen LogP contribution is -2.41. The summed E-state index contributed by atoms with van der Waals surface area (Å²) in [6.07, 6.45) is 5.28. The second-order valence-electron chi connectivity index (χ2n) is 5.65. The Morgan fingerprint density at radius 2 is 1.75 bits per heavy atom. The van der Waals surface area contributed by atoms with E-state index in [0.29, 0.717) is 12.3 Å². The van der Waals surface area contributed by atoms with Gasteiger partial charge in [-0.1, -0.05) is 0 Å². The minimum absolute atomic E-state index is 0.117. The van der Waals surface area contributed by atoms with Crippen LogP contribution in [0.4, 0.5) is 0 Å². The molecule has 0 bridgehead atoms. The molecule has 1 saturated heterocycles. The molecule has 0 unspecified atom stereocenters. The van der Waals surface area contributed by atoms with Crippen LogP contribution in [0.2, 0.25) is 0 Å². The van der Waals surface area contributed by atoms with Crippen LogP contribution in [0.1, 0.15) is 46.0 Å². The maximum absolute atomic E-state index is 12.0. The predicted molar refractivity (Wildman–Crippen MR) is 67.4 cm³/mol. The van der Waals surface area contributed by atoms with Crippen molar-refractivity contribution >= 4 is 5.91 Å². The quantitative estimate of drug-likeness (QED) is 0.733. The molecule has 1 rings (SSSR count). The Hall–Kier alpha value is -0.570. The van der Waals surface area contributed by atoms with E-state index in [0.717, 1.165) is 19.5 Å². The Morgan fingerprint density at radius 3 is 2.25 bits per heavy atom. The van der Waals surface area contributed by atoms with Crippen molar-refractivity contribution in [2.45, 2.75) is 51.5 Å². The van der Waals surface area contributed by atoms with Gasteiger partial charge < -0.3 is 9.80 Å². The van der Waals surface area contributed by atoms with Crippen molar-refractivity contribution in [3.8, 4) is 0 Å². The lowest BCUT2D eigenvalue weighted by molar-refractivity contribution is -0.132. The van der Waals surface area contributed by atoms with Gasteiger partial charge in [0.15, 0.2) is 0 Å². The number of hydrogen-bond donors (Lipinski definition) is 0. The first-order valence-corrected chi connectivity index (χ1v) is 6.39. The van der Waals surface area contributed by atoms with Crippen LogP contribution < -0.4 is 0 Å². The summed E-state index contributed by atoms with van der Waals surface area (Å²) in [6.45, 7) is 6.33. The first-order valence-electron chi connectivity index (χ1n) is 6.39. The fourth-order valence-corrected chi connectivity index (χ4v) is 1.94. The van der Waals surface area contributed by atoms with Gasteiger partial charge >= 0.3 is 0 Å². The molecule has 3 heteroatoms. The van der Waals surface area contributed by atoms with Gasteiger partial charge in [-0.3, -0.25) is 4.79 Å². The van der Waals surface area contributed by atoms with Crippen molar-refractivity contribution in [2.24, 2.45) is 0 Å². The maximum atomic E-state index is 12.0. The molecule has 0 aromatic carbocycles. The third-order valence-electron chi connectivity index (χ3n) is 3.87. The van der Waals surface area contributed by atoms with Gasteiger partial charge in [-0.05, 0) is 53.6 Å². The van der Waals surface area contributed by atoms with Gasteiger partial charge in [0.2, 0.25) is 5.91 Å². The highest BCUT2D eigenvalue weighted by molar-refractivity contribution is 5.76. The molecule has 0 aliphatic carbocycles. The molecule has 0 atom stereocenters. The number of nitrogens with zero attached hydrogens (tertiary/aromatic N) is 2. The summed E-state index contributed by atoms with van der Waals surface area (Å²) in [7, 11) is 4.15. The highest BCUT2D eigenvalue weighted by Crippen LogP contribution is 2.19. The van der Waals surface area contributed by atoms with Gasteiger partial charge in [0.1, 0.15) is 0 Å². The van der Waals surface area contributed by atoms with Crippen LogP contribution in [-0.2, 0) is 4.79 Å². The van der Waals surface area contributed by atoms with E-state index >= 15 is 0 Å². The Balaban J connectivity index is 2.34. The minimum atomic E-state index is 0.117. The van der Waals surface area contributed by atoms with Gasteiger partial charge in [-0.25, -0.2) is 0 Å². The van der Waals surface area contributed by atoms with E-state index in [4.69, 9.17) is 0 Å². The molecule has 3 nitrogen and oxygen atoms in total. The molecular formula is C13H26N2O. The fraction of sp³-hybridized carbons (Fsp3) is 0.923. The molecule has 1 amide bonds. The van der Waals surface area contributed by atoms with Crippen LogP contribution >= 0.6 is 0 Å². The van der Waals surface area contributed by atoms with Crippen LogP contribution in [0.25, 0.3) is 0 Å². The summed E-state index contributed by atoms with van der Waals surface area (Å²) in [5.41, 5.74) is 0.117. The van der Waals surface area contributed by atoms with Crippen LogP contribution in [0.3, 0.4) is 0 Å². The monoisotopic (exact) mass is 226 g/mol. The van der Waals surface area contributed by atoms with Crippen molar-refractivity contribution < 1.29 is 4.79 Å². The van der Waals surface area contributed by atoms with Crippen molar-refractivity contribution in [3.05, 3.63) is 0 Å². The molecule has 94 valence electrons. The molecule has 0 aromatic rings. The summed E-state index contributed by atoms with van der Waals surface area (Å²) < 4.78 is 0. The summed E-state index contributed by atoms with van der Waals surface area (Å²) in [5, 5.41) is 0. The van der Waals surface area contributed by atoms with E-state index in [-0.39, 0.29) is 5.54 Å². The molecule has 0 N–H and O–H groups in total. The van der Waals surface area contributed by atoms with Crippen LogP contribution in [0.5, 0.6) is 0 Å². The summed E-state index contributed by atoms with van der Waals surface area (Å²) in [6, 6.07) is 0. The molecule has 0 spiro atoms. The fourth-order valence-electron chi connectivity index (χ4n) is 1.94. The van der Waals surface area contributed by atoms with Crippen molar-refractivity contribution in [3.63, 3.8) is 0 Å². The zero-order chi connectivity index (χ0) is 12.2. The number of likely N-dealkylation sites (tertiary alicyclic amines) is 1. The number of amides is 1. The average Bonchev–Trinajstić information content (AvgIpc) is 2.27. The van der Waals surface area contributed by atoms with Crippen molar-refractivity contribution in [1.29, 1.82) is 0 Å². The largest absolute Gasteiger partial charge is 0.343 e. The lowest BCUT2D eigenvalue weighted by Gasteiger charge is -2.34. The van der Waals surface area contributed by atoms with Gasteiger partial charge in [-0.15, -0.1) is 0 Å². The van der Waals surface area contributed by atoms with E-state index in [1.165, 1.54) is 19.3 Å². The van der Waals surface area contributed by atoms with Crippen LogP contribution in [-0.4, -0.2) is 48.4 Å². The summed E-state index contributed by atoms with van der Waals surface area (Å²) in [4.78, 5) is 16.2. The van der Waals surface area contributed by atoms with Crippen LogP contribution in [0.15, 0.2) is 0 Å². The summed E-state index contributed by atoms with van der Waals surface area (Å²) >= 11 is 0. The average molecular weight is 226 g/mol. The Morgan fingerprint density at radius 1 is 1.19 bits per heavy atom. The number of hydrogen-bond acceptors (Lipinski definition) is 2. The smallest absolute Gasteiger partial charge is 0.222 e. The SMILES string of the molecule is CN(C)C(C)(C)CCC(=O)N1CCCCC1. The molecule has 1 heterocycles.